The summed E-state index contributed by atoms with van der Waals surface area (Å²) in [5.41, 5.74) is 3.82. The van der Waals surface area contributed by atoms with Crippen LogP contribution in [0.5, 0.6) is 11.5 Å². The maximum Gasteiger partial charge on any atom is 0.220 e. The maximum atomic E-state index is 9.92. The number of ether oxygens (including phenoxy) is 1. The van der Waals surface area contributed by atoms with E-state index in [9.17, 15) is 12.3 Å². The molecule has 4 aromatic heterocycles. The number of aromatic nitrogens is 9. The van der Waals surface area contributed by atoms with Crippen LogP contribution >= 0.6 is 0 Å². The second-order valence-corrected chi connectivity index (χ2v) is 27.3. The van der Waals surface area contributed by atoms with Crippen molar-refractivity contribution in [1.82, 2.24) is 43.9 Å². The second kappa shape index (κ2) is 15.4. The number of fused-ring (bicyclic) bond motifs is 7. The van der Waals surface area contributed by atoms with Crippen LogP contribution in [-0.4, -0.2) is 68.1 Å². The summed E-state index contributed by atoms with van der Waals surface area (Å²) in [6.45, 7) is -8.61. The van der Waals surface area contributed by atoms with Crippen LogP contribution in [0.3, 0.4) is 0 Å². The van der Waals surface area contributed by atoms with Crippen molar-refractivity contribution >= 4 is 83.7 Å². The van der Waals surface area contributed by atoms with Gasteiger partial charge in [-0.2, -0.15) is 0 Å². The summed E-state index contributed by atoms with van der Waals surface area (Å²) in [4.78, 5) is 31.5. The van der Waals surface area contributed by atoms with Gasteiger partial charge in [-0.3, -0.25) is 8.97 Å². The minimum atomic E-state index is -5.92. The Labute approximate surface area is 403 Å². The van der Waals surface area contributed by atoms with Gasteiger partial charge in [-0.15, -0.1) is 0 Å². The summed E-state index contributed by atoms with van der Waals surface area (Å²) in [6.07, 6.45) is 4.46. The molecule has 7 aromatic carbocycles. The molecule has 5 heterocycles. The Balaban J connectivity index is 1.29. The molecular weight excluding hydrogens is 875 g/mol. The van der Waals surface area contributed by atoms with E-state index >= 15 is 0 Å². The molecule has 0 bridgehead atoms. The smallest absolute Gasteiger partial charge is 0.220 e. The van der Waals surface area contributed by atoms with Crippen LogP contribution in [-0.2, 0) is 4.66 Å². The zero-order valence-corrected chi connectivity index (χ0v) is 39.0. The molecule has 0 amide bonds. The standard InChI is InChI=1S/C54H45N9OSi3/c1-65(2,51-57-34-55-35-58-51)54(66(3,4)52-59-36-56-37-60-52)42-25-11-16-31-48(42)64-50-43(54)26-18-32-49(50)67(39-20-7-5-8-21-39,40-22-9-6-10-23-40)41-24-17-19-38(33-41)62-46-29-14-15-30-47(46)63-45-28-13-12-27-44(45)61-53(62)63/h5-37H,1-4H3/i1D3,2D3,3D3. The fraction of sp³-hybridized carbons (Fsp3) is 0.0926. The zero-order chi connectivity index (χ0) is 52.9. The summed E-state index contributed by atoms with van der Waals surface area (Å²) in [6, 6.07) is 56.5. The molecule has 0 N–H and O–H groups in total. The van der Waals surface area contributed by atoms with E-state index in [1.54, 1.807) is 36.4 Å². The first kappa shape index (κ1) is 32.0. The SMILES string of the molecule is [2H]C([2H])([2H])[Si](C)(c1ncncn1)C1([Si](c2ncncn2)(C([2H])([2H])[2H])C([2H])([2H])[2H])c2ccccc2Oc2c1cccc2[Si](c1ccccc1)(c1ccccc1)c1cccc(-n2c3ccccc3n3c4ccccc4nc23)c1. The molecular formula is C54H45N9OSi3. The van der Waals surface area contributed by atoms with Crippen LogP contribution in [0.1, 0.15) is 23.5 Å². The quantitative estimate of drug-likeness (QED) is 0.114. The topological polar surface area (TPSA) is 109 Å². The van der Waals surface area contributed by atoms with Crippen LogP contribution in [0.25, 0.3) is 33.5 Å². The van der Waals surface area contributed by atoms with Crippen LogP contribution in [0.4, 0.5) is 0 Å². The fourth-order valence-electron chi connectivity index (χ4n) is 10.8. The van der Waals surface area contributed by atoms with Crippen molar-refractivity contribution in [3.05, 3.63) is 212 Å². The molecule has 13 heteroatoms. The minimum Gasteiger partial charge on any atom is -0.457 e. The molecule has 2 atom stereocenters. The van der Waals surface area contributed by atoms with Gasteiger partial charge in [0, 0.05) is 33.8 Å². The Bertz CT molecular complexity index is 3950. The number of benzene rings is 7. The van der Waals surface area contributed by atoms with E-state index in [1.807, 2.05) is 84.9 Å². The number of imidazole rings is 2. The van der Waals surface area contributed by atoms with Gasteiger partial charge >= 0.3 is 0 Å². The Morgan fingerprint density at radius 3 is 1.76 bits per heavy atom. The van der Waals surface area contributed by atoms with E-state index in [1.165, 1.54) is 6.55 Å². The van der Waals surface area contributed by atoms with Gasteiger partial charge in [0.1, 0.15) is 63.9 Å². The lowest BCUT2D eigenvalue weighted by atomic mass is 9.98. The predicted octanol–water partition coefficient (Wildman–Crippen LogP) is 6.88. The lowest BCUT2D eigenvalue weighted by Crippen LogP contribution is -2.78. The highest BCUT2D eigenvalue weighted by atomic mass is 28.4. The van der Waals surface area contributed by atoms with Gasteiger partial charge in [0.25, 0.3) is 0 Å². The highest BCUT2D eigenvalue weighted by Gasteiger charge is 2.67. The van der Waals surface area contributed by atoms with Crippen LogP contribution in [0.2, 0.25) is 26.0 Å². The molecule has 0 spiro atoms. The first-order valence-electron chi connectivity index (χ1n) is 26.3. The number of hydrogen-bond acceptors (Lipinski definition) is 8. The van der Waals surface area contributed by atoms with E-state index in [0.29, 0.717) is 11.0 Å². The molecule has 12 rings (SSSR count). The monoisotopic (exact) mass is 928 g/mol. The van der Waals surface area contributed by atoms with E-state index in [0.717, 1.165) is 68.6 Å². The normalized spacial score (nSPS) is 18.3. The Morgan fingerprint density at radius 2 is 1.07 bits per heavy atom. The Hall–Kier alpha value is -7.72. The van der Waals surface area contributed by atoms with Crippen molar-refractivity contribution in [3.63, 3.8) is 0 Å². The molecule has 1 aliphatic rings. The second-order valence-electron chi connectivity index (χ2n) is 16.9. The van der Waals surface area contributed by atoms with Gasteiger partial charge in [-0.25, -0.2) is 34.9 Å². The van der Waals surface area contributed by atoms with Crippen molar-refractivity contribution in [2.24, 2.45) is 0 Å². The molecule has 2 unspecified atom stereocenters. The number of nitrogens with zero attached hydrogens (tertiary/aromatic N) is 9. The molecule has 11 aromatic rings. The minimum absolute atomic E-state index is 0.0500. The molecule has 0 radical (unpaired) electrons. The van der Waals surface area contributed by atoms with Gasteiger partial charge in [0.15, 0.2) is 8.07 Å². The summed E-state index contributed by atoms with van der Waals surface area (Å²) in [5, 5.41) is 3.26. The third-order valence-corrected chi connectivity index (χ3v) is 26.7. The van der Waals surface area contributed by atoms with E-state index in [-0.39, 0.29) is 28.1 Å². The van der Waals surface area contributed by atoms with Crippen molar-refractivity contribution < 1.29 is 17.1 Å². The Kier molecular flexibility index (Phi) is 7.38. The highest BCUT2D eigenvalue weighted by Crippen LogP contribution is 2.56. The molecule has 10 nitrogen and oxygen atoms in total. The fourth-order valence-corrected chi connectivity index (χ4v) is 23.8. The average Bonchev–Trinajstić information content (AvgIpc) is 3.43. The maximum absolute atomic E-state index is 9.92. The van der Waals surface area contributed by atoms with Crippen molar-refractivity contribution in [2.75, 3.05) is 0 Å². The van der Waals surface area contributed by atoms with Crippen molar-refractivity contribution in [2.45, 2.75) is 30.6 Å². The first-order valence-corrected chi connectivity index (χ1v) is 28.3. The lowest BCUT2D eigenvalue weighted by Gasteiger charge is -2.55. The van der Waals surface area contributed by atoms with Gasteiger partial charge in [0.05, 0.1) is 22.1 Å². The average molecular weight is 929 g/mol. The molecule has 324 valence electrons. The van der Waals surface area contributed by atoms with Crippen LogP contribution in [0, 0.1) is 0 Å². The van der Waals surface area contributed by atoms with E-state index in [2.05, 4.69) is 93.5 Å². The van der Waals surface area contributed by atoms with Crippen molar-refractivity contribution in [3.8, 4) is 17.2 Å². The summed E-state index contributed by atoms with van der Waals surface area (Å²) < 4.78 is 98.4. The molecule has 0 saturated heterocycles. The number of rotatable bonds is 9. The largest absolute Gasteiger partial charge is 0.457 e. The van der Waals surface area contributed by atoms with Gasteiger partial charge in [-0.1, -0.05) is 159 Å². The summed E-state index contributed by atoms with van der Waals surface area (Å²) in [7, 11) is -15.0. The first-order chi connectivity index (χ1) is 36.5. The summed E-state index contributed by atoms with van der Waals surface area (Å²) >= 11 is 0. The van der Waals surface area contributed by atoms with Gasteiger partial charge in [-0.05, 0) is 63.2 Å². The molecule has 0 saturated carbocycles. The summed E-state index contributed by atoms with van der Waals surface area (Å²) in [5.74, 6) is 0.897. The third kappa shape index (κ3) is 5.74. The number of hydrogen-bond donors (Lipinski definition) is 0. The van der Waals surface area contributed by atoms with Crippen molar-refractivity contribution in [1.29, 1.82) is 0 Å². The lowest BCUT2D eigenvalue weighted by molar-refractivity contribution is 0.452. The van der Waals surface area contributed by atoms with Crippen LogP contribution in [0.15, 0.2) is 201 Å². The van der Waals surface area contributed by atoms with Crippen LogP contribution < -0.4 is 36.4 Å². The third-order valence-electron chi connectivity index (χ3n) is 13.5. The highest BCUT2D eigenvalue weighted by molar-refractivity contribution is 7.20. The molecule has 0 fully saturated rings. The number of para-hydroxylation sites is 6. The predicted molar refractivity (Wildman–Crippen MR) is 274 cm³/mol. The molecule has 0 aliphatic carbocycles. The zero-order valence-electron chi connectivity index (χ0n) is 45.0. The molecule has 67 heavy (non-hydrogen) atoms. The van der Waals surface area contributed by atoms with Gasteiger partial charge in [0.2, 0.25) is 5.78 Å². The Morgan fingerprint density at radius 1 is 0.522 bits per heavy atom. The van der Waals surface area contributed by atoms with E-state index < -0.39 is 53.8 Å². The van der Waals surface area contributed by atoms with Gasteiger partial charge < -0.3 is 4.74 Å². The molecule has 1 aliphatic heterocycles. The van der Waals surface area contributed by atoms with E-state index in [4.69, 9.17) is 9.72 Å².